The Morgan fingerprint density at radius 3 is 2.50 bits per heavy atom. The van der Waals surface area contributed by atoms with Crippen LogP contribution in [-0.2, 0) is 14.3 Å². The normalized spacial score (nSPS) is 33.9. The second-order valence-corrected chi connectivity index (χ2v) is 5.81. The average Bonchev–Trinajstić information content (AvgIpc) is 2.78. The first-order valence-electron chi connectivity index (χ1n) is 6.94. The second-order valence-electron chi connectivity index (χ2n) is 5.81. The van der Waals surface area contributed by atoms with Crippen molar-refractivity contribution in [3.8, 4) is 0 Å². The maximum Gasteiger partial charge on any atom is 0.234 e. The predicted molar refractivity (Wildman–Crippen MR) is 72.5 cm³/mol. The van der Waals surface area contributed by atoms with Crippen molar-refractivity contribution in [1.29, 1.82) is 0 Å². The van der Waals surface area contributed by atoms with Crippen LogP contribution >= 0.6 is 0 Å². The molecular weight excluding hydrogens is 262 g/mol. The van der Waals surface area contributed by atoms with Crippen LogP contribution in [-0.4, -0.2) is 48.4 Å². The Kier molecular flexibility index (Phi) is 4.19. The van der Waals surface area contributed by atoms with Crippen molar-refractivity contribution in [3.05, 3.63) is 0 Å². The second kappa shape index (κ2) is 5.57. The molecule has 0 aromatic carbocycles. The highest BCUT2D eigenvalue weighted by Crippen LogP contribution is 2.34. The standard InChI is InChI=1S/C13H23N3O4/c1-9-12(2,3-8-20-9)15-11(17)13(10(14)16-18)4-6-19-7-5-13/h9,18H,3-8H2,1-2H3,(H2,14,16)(H,15,17). The van der Waals surface area contributed by atoms with Crippen molar-refractivity contribution < 1.29 is 19.5 Å². The third-order valence-corrected chi connectivity index (χ3v) is 4.66. The number of rotatable bonds is 3. The van der Waals surface area contributed by atoms with Crippen molar-refractivity contribution in [2.45, 2.75) is 44.8 Å². The highest BCUT2D eigenvalue weighted by molar-refractivity contribution is 6.07. The van der Waals surface area contributed by atoms with Gasteiger partial charge in [0.25, 0.3) is 0 Å². The molecule has 7 heteroatoms. The molecule has 2 fully saturated rings. The van der Waals surface area contributed by atoms with Crippen LogP contribution in [0.1, 0.15) is 33.1 Å². The smallest absolute Gasteiger partial charge is 0.234 e. The summed E-state index contributed by atoms with van der Waals surface area (Å²) in [4.78, 5) is 12.7. The van der Waals surface area contributed by atoms with Crippen LogP contribution in [0.2, 0.25) is 0 Å². The molecule has 0 aromatic heterocycles. The van der Waals surface area contributed by atoms with Crippen LogP contribution in [0.15, 0.2) is 5.16 Å². The van der Waals surface area contributed by atoms with Crippen molar-refractivity contribution >= 4 is 11.7 Å². The minimum Gasteiger partial charge on any atom is -0.409 e. The van der Waals surface area contributed by atoms with E-state index in [2.05, 4.69) is 10.5 Å². The van der Waals surface area contributed by atoms with Crippen molar-refractivity contribution in [2.24, 2.45) is 16.3 Å². The van der Waals surface area contributed by atoms with Crippen molar-refractivity contribution in [2.75, 3.05) is 19.8 Å². The first-order chi connectivity index (χ1) is 9.44. The lowest BCUT2D eigenvalue weighted by Gasteiger charge is -2.38. The fourth-order valence-corrected chi connectivity index (χ4v) is 2.79. The summed E-state index contributed by atoms with van der Waals surface area (Å²) in [6.07, 6.45) is 1.53. The van der Waals surface area contributed by atoms with Gasteiger partial charge in [0.05, 0.1) is 11.6 Å². The van der Waals surface area contributed by atoms with Crippen LogP contribution in [0.3, 0.4) is 0 Å². The highest BCUT2D eigenvalue weighted by atomic mass is 16.5. The summed E-state index contributed by atoms with van der Waals surface area (Å²) in [6, 6.07) is 0. The van der Waals surface area contributed by atoms with Crippen molar-refractivity contribution in [1.82, 2.24) is 5.32 Å². The molecule has 2 aliphatic heterocycles. The number of carbonyl (C=O) groups is 1. The van der Waals surface area contributed by atoms with Gasteiger partial charge < -0.3 is 25.7 Å². The third kappa shape index (κ3) is 2.47. The molecule has 2 unspecified atom stereocenters. The molecule has 0 spiro atoms. The van der Waals surface area contributed by atoms with Gasteiger partial charge in [-0.15, -0.1) is 0 Å². The molecule has 2 saturated heterocycles. The Bertz CT molecular complexity index is 406. The molecule has 0 bridgehead atoms. The lowest BCUT2D eigenvalue weighted by molar-refractivity contribution is -0.134. The molecule has 20 heavy (non-hydrogen) atoms. The van der Waals surface area contributed by atoms with Gasteiger partial charge >= 0.3 is 0 Å². The van der Waals surface area contributed by atoms with Gasteiger partial charge in [0.1, 0.15) is 5.41 Å². The number of amides is 1. The van der Waals surface area contributed by atoms with E-state index >= 15 is 0 Å². The van der Waals surface area contributed by atoms with Crippen LogP contribution in [0.4, 0.5) is 0 Å². The fourth-order valence-electron chi connectivity index (χ4n) is 2.79. The number of hydrogen-bond donors (Lipinski definition) is 3. The molecular formula is C13H23N3O4. The quantitative estimate of drug-likeness (QED) is 0.297. The summed E-state index contributed by atoms with van der Waals surface area (Å²) < 4.78 is 10.8. The third-order valence-electron chi connectivity index (χ3n) is 4.66. The summed E-state index contributed by atoms with van der Waals surface area (Å²) in [5, 5.41) is 15.1. The SMILES string of the molecule is CC1OCCC1(C)NC(=O)C1(C(N)=NO)CCOCC1. The first-order valence-corrected chi connectivity index (χ1v) is 6.94. The van der Waals surface area contributed by atoms with Gasteiger partial charge in [0.15, 0.2) is 5.84 Å². The van der Waals surface area contributed by atoms with Gasteiger partial charge in [0.2, 0.25) is 5.91 Å². The summed E-state index contributed by atoms with van der Waals surface area (Å²) in [5.74, 6) is -0.260. The number of nitrogens with one attached hydrogen (secondary N) is 1. The molecule has 0 aromatic rings. The predicted octanol–water partition coefficient (Wildman–Crippen LogP) is 0.213. The topological polar surface area (TPSA) is 106 Å². The Hall–Kier alpha value is -1.34. The van der Waals surface area contributed by atoms with Gasteiger partial charge in [0, 0.05) is 19.8 Å². The molecule has 2 aliphatic rings. The molecule has 0 radical (unpaired) electrons. The number of amidine groups is 1. The number of ether oxygens (including phenoxy) is 2. The Labute approximate surface area is 118 Å². The van der Waals surface area contributed by atoms with E-state index in [1.54, 1.807) is 0 Å². The summed E-state index contributed by atoms with van der Waals surface area (Å²) in [5.41, 5.74) is 4.38. The van der Waals surface area contributed by atoms with E-state index in [1.807, 2.05) is 13.8 Å². The minimum absolute atomic E-state index is 0.0477. The van der Waals surface area contributed by atoms with E-state index in [-0.39, 0.29) is 17.8 Å². The Morgan fingerprint density at radius 1 is 1.35 bits per heavy atom. The van der Waals surface area contributed by atoms with Crippen LogP contribution in [0.5, 0.6) is 0 Å². The van der Waals surface area contributed by atoms with Gasteiger partial charge in [-0.25, -0.2) is 0 Å². The molecule has 0 aliphatic carbocycles. The monoisotopic (exact) mass is 285 g/mol. The molecule has 2 heterocycles. The molecule has 0 saturated carbocycles. The largest absolute Gasteiger partial charge is 0.409 e. The molecule has 7 nitrogen and oxygen atoms in total. The maximum atomic E-state index is 12.7. The average molecular weight is 285 g/mol. The van der Waals surface area contributed by atoms with E-state index in [0.717, 1.165) is 6.42 Å². The zero-order valence-electron chi connectivity index (χ0n) is 12.0. The number of nitrogens with zero attached hydrogens (tertiary/aromatic N) is 1. The van der Waals surface area contributed by atoms with E-state index < -0.39 is 11.0 Å². The summed E-state index contributed by atoms with van der Waals surface area (Å²) in [7, 11) is 0. The zero-order chi connectivity index (χ0) is 14.8. The maximum absolute atomic E-state index is 12.7. The van der Waals surface area contributed by atoms with E-state index in [4.69, 9.17) is 20.4 Å². The highest BCUT2D eigenvalue weighted by Gasteiger charge is 2.48. The molecule has 2 rings (SSSR count). The van der Waals surface area contributed by atoms with E-state index in [9.17, 15) is 4.79 Å². The van der Waals surface area contributed by atoms with Gasteiger partial charge in [-0.2, -0.15) is 0 Å². The number of nitrogens with two attached hydrogens (primary N) is 1. The minimum atomic E-state index is -0.988. The molecule has 1 amide bonds. The number of oxime groups is 1. The van der Waals surface area contributed by atoms with Crippen molar-refractivity contribution in [3.63, 3.8) is 0 Å². The fraction of sp³-hybridized carbons (Fsp3) is 0.846. The van der Waals surface area contributed by atoms with Crippen LogP contribution in [0.25, 0.3) is 0 Å². The van der Waals surface area contributed by atoms with Crippen LogP contribution in [0, 0.1) is 5.41 Å². The lowest BCUT2D eigenvalue weighted by Crippen LogP contribution is -2.59. The molecule has 114 valence electrons. The zero-order valence-corrected chi connectivity index (χ0v) is 12.0. The van der Waals surface area contributed by atoms with Gasteiger partial charge in [-0.05, 0) is 33.1 Å². The van der Waals surface area contributed by atoms with Gasteiger partial charge in [-0.3, -0.25) is 4.79 Å². The van der Waals surface area contributed by atoms with E-state index in [1.165, 1.54) is 0 Å². The first kappa shape index (κ1) is 15.1. The lowest BCUT2D eigenvalue weighted by atomic mass is 9.77. The number of hydrogen-bond acceptors (Lipinski definition) is 5. The number of carbonyl (C=O) groups excluding carboxylic acids is 1. The Balaban J connectivity index is 2.19. The molecule has 2 atom stereocenters. The molecule has 4 N–H and O–H groups in total. The summed E-state index contributed by atoms with van der Waals surface area (Å²) in [6.45, 7) is 5.37. The van der Waals surface area contributed by atoms with Gasteiger partial charge in [-0.1, -0.05) is 5.16 Å². The van der Waals surface area contributed by atoms with Crippen LogP contribution < -0.4 is 11.1 Å². The Morgan fingerprint density at radius 2 is 2.00 bits per heavy atom. The van der Waals surface area contributed by atoms with E-state index in [0.29, 0.717) is 32.7 Å². The summed E-state index contributed by atoms with van der Waals surface area (Å²) >= 11 is 0.